The van der Waals surface area contributed by atoms with Crippen molar-refractivity contribution in [3.05, 3.63) is 59.7 Å². The largest absolute Gasteiger partial charge is 0.322 e. The van der Waals surface area contributed by atoms with Crippen molar-refractivity contribution in [3.63, 3.8) is 0 Å². The number of carbonyl (C=O) groups is 1. The Morgan fingerprint density at radius 3 is 2.14 bits per heavy atom. The molecule has 0 spiro atoms. The van der Waals surface area contributed by atoms with Crippen LogP contribution in [0.15, 0.2) is 53.4 Å². The molecule has 1 amide bonds. The van der Waals surface area contributed by atoms with E-state index in [1.54, 1.807) is 30.3 Å². The smallest absolute Gasteiger partial charge is 0.255 e. The van der Waals surface area contributed by atoms with Crippen LogP contribution in [-0.2, 0) is 9.84 Å². The summed E-state index contributed by atoms with van der Waals surface area (Å²) in [6.45, 7) is 5.81. The Morgan fingerprint density at radius 1 is 1.00 bits per heavy atom. The fourth-order valence-electron chi connectivity index (χ4n) is 1.75. The summed E-state index contributed by atoms with van der Waals surface area (Å²) in [6.07, 6.45) is 1.14. The molecule has 0 atom stereocenters. The van der Waals surface area contributed by atoms with E-state index in [2.05, 4.69) is 5.32 Å². The lowest BCUT2D eigenvalue weighted by molar-refractivity contribution is 0.102. The average Bonchev–Trinajstić information content (AvgIpc) is 2.51. The van der Waals surface area contributed by atoms with Gasteiger partial charge >= 0.3 is 0 Å². The Kier molecular flexibility index (Phi) is 6.31. The Morgan fingerprint density at radius 2 is 1.59 bits per heavy atom. The van der Waals surface area contributed by atoms with Gasteiger partial charge in [0, 0.05) is 17.5 Å². The first-order valence-electron chi connectivity index (χ1n) is 7.05. The zero-order valence-corrected chi connectivity index (χ0v) is 14.1. The van der Waals surface area contributed by atoms with E-state index in [9.17, 15) is 13.2 Å². The maximum Gasteiger partial charge on any atom is 0.255 e. The predicted octanol–water partition coefficient (Wildman–Crippen LogP) is 3.68. The highest BCUT2D eigenvalue weighted by Crippen LogP contribution is 2.20. The second-order valence-electron chi connectivity index (χ2n) is 4.57. The van der Waals surface area contributed by atoms with Gasteiger partial charge in [-0.1, -0.05) is 38.1 Å². The first kappa shape index (κ1) is 17.9. The minimum Gasteiger partial charge on any atom is -0.322 e. The summed E-state index contributed by atoms with van der Waals surface area (Å²) in [4.78, 5) is 12.3. The number of nitrogens with one attached hydrogen (secondary N) is 1. The SMILES string of the molecule is CC.Cc1ccc(S(C)(=O)=O)cc1NC(=O)c1ccccc1. The van der Waals surface area contributed by atoms with Gasteiger partial charge in [0.25, 0.3) is 5.91 Å². The highest BCUT2D eigenvalue weighted by Gasteiger charge is 2.12. The van der Waals surface area contributed by atoms with Crippen LogP contribution in [0, 0.1) is 6.92 Å². The van der Waals surface area contributed by atoms with Crippen LogP contribution in [0.5, 0.6) is 0 Å². The molecule has 0 saturated heterocycles. The van der Waals surface area contributed by atoms with Crippen LogP contribution in [0.25, 0.3) is 0 Å². The number of sulfone groups is 1. The molecular formula is C17H21NO3S. The highest BCUT2D eigenvalue weighted by molar-refractivity contribution is 7.90. The number of aryl methyl sites for hydroxylation is 1. The van der Waals surface area contributed by atoms with Crippen LogP contribution < -0.4 is 5.32 Å². The Bertz CT molecular complexity index is 738. The summed E-state index contributed by atoms with van der Waals surface area (Å²) in [5, 5.41) is 2.74. The molecule has 2 aromatic carbocycles. The Labute approximate surface area is 132 Å². The van der Waals surface area contributed by atoms with E-state index in [0.717, 1.165) is 11.8 Å². The van der Waals surface area contributed by atoms with E-state index < -0.39 is 9.84 Å². The number of amides is 1. The molecule has 0 aromatic heterocycles. The van der Waals surface area contributed by atoms with Gasteiger partial charge in [0.15, 0.2) is 9.84 Å². The molecule has 0 fully saturated rings. The van der Waals surface area contributed by atoms with E-state index in [1.807, 2.05) is 26.8 Å². The predicted molar refractivity (Wildman–Crippen MR) is 90.0 cm³/mol. The summed E-state index contributed by atoms with van der Waals surface area (Å²) in [7, 11) is -3.29. The third-order valence-corrected chi connectivity index (χ3v) is 4.03. The summed E-state index contributed by atoms with van der Waals surface area (Å²) in [5.74, 6) is -0.264. The van der Waals surface area contributed by atoms with Crippen molar-refractivity contribution in [3.8, 4) is 0 Å². The molecule has 1 N–H and O–H groups in total. The second kappa shape index (κ2) is 7.75. The van der Waals surface area contributed by atoms with Gasteiger partial charge in [-0.15, -0.1) is 0 Å². The number of hydrogen-bond donors (Lipinski definition) is 1. The zero-order valence-electron chi connectivity index (χ0n) is 13.3. The van der Waals surface area contributed by atoms with Crippen LogP contribution >= 0.6 is 0 Å². The van der Waals surface area contributed by atoms with Crippen LogP contribution in [0.1, 0.15) is 29.8 Å². The molecule has 0 unspecified atom stereocenters. The molecule has 2 rings (SSSR count). The van der Waals surface area contributed by atoms with Gasteiger partial charge in [-0.05, 0) is 36.8 Å². The molecule has 0 aliphatic carbocycles. The molecule has 4 nitrogen and oxygen atoms in total. The molecular weight excluding hydrogens is 298 g/mol. The number of hydrogen-bond acceptors (Lipinski definition) is 3. The van der Waals surface area contributed by atoms with E-state index in [1.165, 1.54) is 12.1 Å². The van der Waals surface area contributed by atoms with E-state index >= 15 is 0 Å². The number of benzene rings is 2. The first-order chi connectivity index (χ1) is 10.4. The van der Waals surface area contributed by atoms with Gasteiger partial charge in [-0.3, -0.25) is 4.79 Å². The van der Waals surface area contributed by atoms with Crippen molar-refractivity contribution in [2.45, 2.75) is 25.7 Å². The number of carbonyl (C=O) groups excluding carboxylic acids is 1. The summed E-state index contributed by atoms with van der Waals surface area (Å²) in [5.41, 5.74) is 1.83. The lowest BCUT2D eigenvalue weighted by Gasteiger charge is -2.10. The highest BCUT2D eigenvalue weighted by atomic mass is 32.2. The standard InChI is InChI=1S/C15H15NO3S.C2H6/c1-11-8-9-13(20(2,18)19)10-14(11)16-15(17)12-6-4-3-5-7-12;1-2/h3-10H,1-2H3,(H,16,17);1-2H3. The Balaban J connectivity index is 0.00000116. The summed E-state index contributed by atoms with van der Waals surface area (Å²) < 4.78 is 23.1. The molecule has 0 radical (unpaired) electrons. The van der Waals surface area contributed by atoms with Gasteiger partial charge in [0.2, 0.25) is 0 Å². The van der Waals surface area contributed by atoms with Crippen molar-refractivity contribution < 1.29 is 13.2 Å². The molecule has 22 heavy (non-hydrogen) atoms. The summed E-state index contributed by atoms with van der Waals surface area (Å²) >= 11 is 0. The molecule has 118 valence electrons. The minimum atomic E-state index is -3.29. The molecule has 0 aliphatic heterocycles. The van der Waals surface area contributed by atoms with Gasteiger partial charge in [0.05, 0.1) is 4.90 Å². The molecule has 5 heteroatoms. The number of anilines is 1. The lowest BCUT2D eigenvalue weighted by atomic mass is 10.1. The van der Waals surface area contributed by atoms with Crippen LogP contribution in [0.3, 0.4) is 0 Å². The molecule has 0 heterocycles. The third kappa shape index (κ3) is 4.70. The normalized spacial score (nSPS) is 10.4. The topological polar surface area (TPSA) is 63.2 Å². The van der Waals surface area contributed by atoms with Gasteiger partial charge in [-0.2, -0.15) is 0 Å². The monoisotopic (exact) mass is 319 g/mol. The van der Waals surface area contributed by atoms with E-state index in [-0.39, 0.29) is 10.8 Å². The molecule has 2 aromatic rings. The van der Waals surface area contributed by atoms with Crippen molar-refractivity contribution in [2.24, 2.45) is 0 Å². The van der Waals surface area contributed by atoms with E-state index in [4.69, 9.17) is 0 Å². The fourth-order valence-corrected chi connectivity index (χ4v) is 2.40. The van der Waals surface area contributed by atoms with Crippen LogP contribution in [-0.4, -0.2) is 20.6 Å². The Hall–Kier alpha value is -2.14. The van der Waals surface area contributed by atoms with Crippen molar-refractivity contribution in [1.82, 2.24) is 0 Å². The van der Waals surface area contributed by atoms with Gasteiger partial charge in [-0.25, -0.2) is 8.42 Å². The second-order valence-corrected chi connectivity index (χ2v) is 6.58. The zero-order chi connectivity index (χ0) is 16.8. The lowest BCUT2D eigenvalue weighted by Crippen LogP contribution is -2.13. The van der Waals surface area contributed by atoms with Crippen molar-refractivity contribution in [1.29, 1.82) is 0 Å². The van der Waals surface area contributed by atoms with E-state index in [0.29, 0.717) is 11.3 Å². The van der Waals surface area contributed by atoms with Crippen molar-refractivity contribution in [2.75, 3.05) is 11.6 Å². The summed E-state index contributed by atoms with van der Waals surface area (Å²) in [6, 6.07) is 13.5. The first-order valence-corrected chi connectivity index (χ1v) is 8.94. The molecule has 0 bridgehead atoms. The third-order valence-electron chi connectivity index (χ3n) is 2.92. The van der Waals surface area contributed by atoms with Crippen LogP contribution in [0.4, 0.5) is 5.69 Å². The van der Waals surface area contributed by atoms with Crippen molar-refractivity contribution >= 4 is 21.4 Å². The maximum absolute atomic E-state index is 12.1. The average molecular weight is 319 g/mol. The fraction of sp³-hybridized carbons (Fsp3) is 0.235. The molecule has 0 aliphatic rings. The quantitative estimate of drug-likeness (QED) is 0.938. The number of rotatable bonds is 3. The van der Waals surface area contributed by atoms with Gasteiger partial charge in [0.1, 0.15) is 0 Å². The van der Waals surface area contributed by atoms with Crippen LogP contribution in [0.2, 0.25) is 0 Å². The van der Waals surface area contributed by atoms with Gasteiger partial charge < -0.3 is 5.32 Å². The maximum atomic E-state index is 12.1. The minimum absolute atomic E-state index is 0.187. The molecule has 0 saturated carbocycles.